The van der Waals surface area contributed by atoms with Gasteiger partial charge in [-0.2, -0.15) is 5.26 Å². The summed E-state index contributed by atoms with van der Waals surface area (Å²) in [7, 11) is 0. The Labute approximate surface area is 258 Å². The van der Waals surface area contributed by atoms with Gasteiger partial charge < -0.3 is 4.42 Å². The number of pyridine rings is 2. The summed E-state index contributed by atoms with van der Waals surface area (Å²) in [5.41, 5.74) is 8.47. The quantitative estimate of drug-likeness (QED) is 0.197. The lowest BCUT2D eigenvalue weighted by molar-refractivity contribution is 0.669. The Morgan fingerprint density at radius 3 is 1.82 bits per heavy atom. The SMILES string of the molecule is N#Cc1ccc2oc3ccc(-c4cc5c6ccccc6c(-c6cccc(-c7ccncc7)n6)cc5c5ccccc45)cc3c2c1. The van der Waals surface area contributed by atoms with E-state index in [1.165, 1.54) is 26.9 Å². The Hall–Kier alpha value is -6.31. The van der Waals surface area contributed by atoms with Crippen LogP contribution in [0.25, 0.3) is 87.9 Å². The average Bonchev–Trinajstić information content (AvgIpc) is 3.48. The van der Waals surface area contributed by atoms with Crippen LogP contribution in [0.2, 0.25) is 0 Å². The van der Waals surface area contributed by atoms with E-state index >= 15 is 0 Å². The third-order valence-electron chi connectivity index (χ3n) is 8.79. The average molecular weight is 574 g/mol. The van der Waals surface area contributed by atoms with Gasteiger partial charge in [0.05, 0.1) is 23.0 Å². The molecule has 6 aromatic carbocycles. The molecule has 0 amide bonds. The molecule has 0 saturated heterocycles. The molecule has 9 aromatic rings. The summed E-state index contributed by atoms with van der Waals surface area (Å²) in [6.45, 7) is 0. The van der Waals surface area contributed by atoms with Crippen LogP contribution in [0.3, 0.4) is 0 Å². The van der Waals surface area contributed by atoms with Crippen LogP contribution >= 0.6 is 0 Å². The second-order valence-electron chi connectivity index (χ2n) is 11.3. The smallest absolute Gasteiger partial charge is 0.135 e. The molecule has 0 atom stereocenters. The largest absolute Gasteiger partial charge is 0.456 e. The molecule has 45 heavy (non-hydrogen) atoms. The molecule has 0 aliphatic rings. The second-order valence-corrected chi connectivity index (χ2v) is 11.3. The van der Waals surface area contributed by atoms with Crippen molar-refractivity contribution in [1.29, 1.82) is 5.26 Å². The van der Waals surface area contributed by atoms with E-state index in [4.69, 9.17) is 9.40 Å². The zero-order valence-corrected chi connectivity index (χ0v) is 24.0. The van der Waals surface area contributed by atoms with Crippen molar-refractivity contribution in [2.24, 2.45) is 0 Å². The first-order chi connectivity index (χ1) is 22.2. The van der Waals surface area contributed by atoms with Gasteiger partial charge in [-0.05, 0) is 110 Å². The molecule has 0 bridgehead atoms. The Morgan fingerprint density at radius 2 is 1.09 bits per heavy atom. The van der Waals surface area contributed by atoms with Gasteiger partial charge in [-0.3, -0.25) is 4.98 Å². The number of hydrogen-bond donors (Lipinski definition) is 0. The number of furan rings is 1. The highest BCUT2D eigenvalue weighted by Crippen LogP contribution is 2.42. The van der Waals surface area contributed by atoms with Crippen LogP contribution < -0.4 is 0 Å². The molecule has 9 rings (SSSR count). The molecule has 0 saturated carbocycles. The molecule has 3 heterocycles. The van der Waals surface area contributed by atoms with Crippen molar-refractivity contribution in [2.45, 2.75) is 0 Å². The maximum Gasteiger partial charge on any atom is 0.135 e. The van der Waals surface area contributed by atoms with Gasteiger partial charge in [0.1, 0.15) is 11.2 Å². The van der Waals surface area contributed by atoms with E-state index in [0.29, 0.717) is 5.56 Å². The van der Waals surface area contributed by atoms with E-state index < -0.39 is 0 Å². The van der Waals surface area contributed by atoms with E-state index in [2.05, 4.69) is 96.0 Å². The number of benzene rings is 6. The highest BCUT2D eigenvalue weighted by atomic mass is 16.3. The first-order valence-electron chi connectivity index (χ1n) is 14.9. The van der Waals surface area contributed by atoms with Gasteiger partial charge in [0.15, 0.2) is 0 Å². The van der Waals surface area contributed by atoms with Crippen LogP contribution in [0.1, 0.15) is 5.56 Å². The lowest BCUT2D eigenvalue weighted by Gasteiger charge is -2.16. The standard InChI is InChI=1S/C41H23N3O/c42-24-25-12-14-40-36(20-25)37-21-27(13-15-41(37)45-40)32-22-33-30-8-3-4-9-31(30)35(23-34(33)29-7-2-1-6-28(29)32)39-11-5-10-38(44-39)26-16-18-43-19-17-26/h1-23H. The number of rotatable bonds is 3. The molecule has 0 N–H and O–H groups in total. The normalized spacial score (nSPS) is 11.5. The molecule has 0 aliphatic carbocycles. The van der Waals surface area contributed by atoms with Crippen LogP contribution in [0.5, 0.6) is 0 Å². The molecule has 0 fully saturated rings. The van der Waals surface area contributed by atoms with Crippen LogP contribution in [0, 0.1) is 11.3 Å². The maximum atomic E-state index is 9.52. The summed E-state index contributed by atoms with van der Waals surface area (Å²) in [6, 6.07) is 46.3. The molecule has 208 valence electrons. The highest BCUT2D eigenvalue weighted by molar-refractivity contribution is 6.24. The molecule has 0 unspecified atom stereocenters. The number of hydrogen-bond acceptors (Lipinski definition) is 4. The number of aromatic nitrogens is 2. The predicted octanol–water partition coefficient (Wildman–Crippen LogP) is 10.7. The highest BCUT2D eigenvalue weighted by Gasteiger charge is 2.17. The lowest BCUT2D eigenvalue weighted by Crippen LogP contribution is -1.92. The van der Waals surface area contributed by atoms with Crippen molar-refractivity contribution in [1.82, 2.24) is 9.97 Å². The van der Waals surface area contributed by atoms with Crippen molar-refractivity contribution in [3.63, 3.8) is 0 Å². The molecule has 0 spiro atoms. The number of nitrogens with zero attached hydrogens (tertiary/aromatic N) is 3. The van der Waals surface area contributed by atoms with Crippen LogP contribution in [-0.2, 0) is 0 Å². The Kier molecular flexibility index (Phi) is 5.53. The monoisotopic (exact) mass is 573 g/mol. The fraction of sp³-hybridized carbons (Fsp3) is 0. The number of fused-ring (bicyclic) bond motifs is 8. The van der Waals surface area contributed by atoms with Crippen LogP contribution in [0.15, 0.2) is 144 Å². The zero-order valence-electron chi connectivity index (χ0n) is 24.0. The summed E-state index contributed by atoms with van der Waals surface area (Å²) >= 11 is 0. The van der Waals surface area contributed by atoms with Gasteiger partial charge in [0.25, 0.3) is 0 Å². The van der Waals surface area contributed by atoms with Crippen molar-refractivity contribution < 1.29 is 4.42 Å². The van der Waals surface area contributed by atoms with Crippen LogP contribution in [-0.4, -0.2) is 9.97 Å². The number of nitriles is 1. The topological polar surface area (TPSA) is 62.7 Å². The fourth-order valence-electron chi connectivity index (χ4n) is 6.68. The summed E-state index contributed by atoms with van der Waals surface area (Å²) < 4.78 is 6.13. The summed E-state index contributed by atoms with van der Waals surface area (Å²) in [4.78, 5) is 9.29. The maximum absolute atomic E-state index is 9.52. The van der Waals surface area contributed by atoms with Gasteiger partial charge in [0.2, 0.25) is 0 Å². The van der Waals surface area contributed by atoms with E-state index in [-0.39, 0.29) is 0 Å². The van der Waals surface area contributed by atoms with Gasteiger partial charge >= 0.3 is 0 Å². The third-order valence-corrected chi connectivity index (χ3v) is 8.79. The minimum Gasteiger partial charge on any atom is -0.456 e. The second kappa shape index (κ2) is 9.87. The van der Waals surface area contributed by atoms with Gasteiger partial charge in [-0.25, -0.2) is 4.98 Å². The fourth-order valence-corrected chi connectivity index (χ4v) is 6.68. The summed E-state index contributed by atoms with van der Waals surface area (Å²) in [5, 5.41) is 18.6. The van der Waals surface area contributed by atoms with Crippen molar-refractivity contribution in [2.75, 3.05) is 0 Å². The molecule has 0 aliphatic heterocycles. The Morgan fingerprint density at radius 1 is 0.467 bits per heavy atom. The minimum atomic E-state index is 0.620. The molecular formula is C41H23N3O. The predicted molar refractivity (Wildman–Crippen MR) is 183 cm³/mol. The summed E-state index contributed by atoms with van der Waals surface area (Å²) in [6.07, 6.45) is 3.60. The third kappa shape index (κ3) is 3.99. The van der Waals surface area contributed by atoms with E-state index in [1.807, 2.05) is 36.4 Å². The van der Waals surface area contributed by atoms with E-state index in [9.17, 15) is 5.26 Å². The molecular weight excluding hydrogens is 550 g/mol. The van der Waals surface area contributed by atoms with Gasteiger partial charge in [-0.15, -0.1) is 0 Å². The molecule has 0 radical (unpaired) electrons. The van der Waals surface area contributed by atoms with Gasteiger partial charge in [-0.1, -0.05) is 60.7 Å². The van der Waals surface area contributed by atoms with Crippen molar-refractivity contribution in [3.05, 3.63) is 145 Å². The van der Waals surface area contributed by atoms with Gasteiger partial charge in [0, 0.05) is 34.3 Å². The first-order valence-corrected chi connectivity index (χ1v) is 14.9. The minimum absolute atomic E-state index is 0.620. The molecule has 3 aromatic heterocycles. The first kappa shape index (κ1) is 25.2. The van der Waals surface area contributed by atoms with Crippen molar-refractivity contribution >= 4 is 54.3 Å². The lowest BCUT2D eigenvalue weighted by atomic mass is 9.88. The Bertz CT molecular complexity index is 2660. The van der Waals surface area contributed by atoms with Crippen LogP contribution in [0.4, 0.5) is 0 Å². The van der Waals surface area contributed by atoms with E-state index in [1.54, 1.807) is 18.5 Å². The Balaban J connectivity index is 1.32. The van der Waals surface area contributed by atoms with Crippen molar-refractivity contribution in [3.8, 4) is 39.7 Å². The molecule has 4 heteroatoms. The molecule has 4 nitrogen and oxygen atoms in total. The zero-order chi connectivity index (χ0) is 29.9. The van der Waals surface area contributed by atoms with E-state index in [0.717, 1.165) is 61.0 Å². The summed E-state index contributed by atoms with van der Waals surface area (Å²) in [5.74, 6) is 0.